The monoisotopic (exact) mass is 421 g/mol. The van der Waals surface area contributed by atoms with E-state index < -0.39 is 0 Å². The predicted octanol–water partition coefficient (Wildman–Crippen LogP) is 4.28. The van der Waals surface area contributed by atoms with Gasteiger partial charge in [0.2, 0.25) is 5.91 Å². The van der Waals surface area contributed by atoms with Crippen molar-refractivity contribution in [2.45, 2.75) is 51.0 Å². The Morgan fingerprint density at radius 1 is 1.17 bits per heavy atom. The molecular weight excluding hydrogens is 394 g/mol. The van der Waals surface area contributed by atoms with Crippen LogP contribution in [0.2, 0.25) is 0 Å². The maximum atomic E-state index is 13.2. The zero-order chi connectivity index (χ0) is 20.9. The van der Waals surface area contributed by atoms with Crippen molar-refractivity contribution in [3.8, 4) is 11.4 Å². The van der Waals surface area contributed by atoms with Gasteiger partial charge in [0.05, 0.1) is 5.75 Å². The fourth-order valence-corrected chi connectivity index (χ4v) is 4.57. The average molecular weight is 422 g/mol. The molecular formula is C23H27N5OS. The molecule has 1 amide bonds. The Hall–Kier alpha value is -2.67. The number of hydrogen-bond acceptors (Lipinski definition) is 5. The fraction of sp³-hybridized carbons (Fsp3) is 0.391. The summed E-state index contributed by atoms with van der Waals surface area (Å²) in [6, 6.07) is 14.3. The minimum absolute atomic E-state index is 0.152. The number of carbonyl (C=O) groups is 1. The van der Waals surface area contributed by atoms with Crippen LogP contribution in [0.15, 0.2) is 60.0 Å². The fourth-order valence-electron chi connectivity index (χ4n) is 3.68. The SMILES string of the molecule is CCn1c(SCC(=O)N(Cc2ccccc2)C(C)C2CC2)nnc1-c1ccncc1. The molecule has 1 aromatic carbocycles. The third kappa shape index (κ3) is 4.73. The molecule has 1 fully saturated rings. The van der Waals surface area contributed by atoms with Crippen LogP contribution in [0.5, 0.6) is 0 Å². The van der Waals surface area contributed by atoms with E-state index in [4.69, 9.17) is 0 Å². The van der Waals surface area contributed by atoms with Gasteiger partial charge < -0.3 is 9.47 Å². The molecule has 4 rings (SSSR count). The van der Waals surface area contributed by atoms with E-state index in [2.05, 4.69) is 45.7 Å². The summed E-state index contributed by atoms with van der Waals surface area (Å²) in [6.45, 7) is 5.64. The van der Waals surface area contributed by atoms with Crippen molar-refractivity contribution < 1.29 is 4.79 Å². The van der Waals surface area contributed by atoms with Crippen molar-refractivity contribution >= 4 is 17.7 Å². The van der Waals surface area contributed by atoms with Gasteiger partial charge in [0.25, 0.3) is 0 Å². The molecule has 2 heterocycles. The topological polar surface area (TPSA) is 63.9 Å². The molecule has 30 heavy (non-hydrogen) atoms. The highest BCUT2D eigenvalue weighted by molar-refractivity contribution is 7.99. The van der Waals surface area contributed by atoms with Crippen molar-refractivity contribution in [2.24, 2.45) is 5.92 Å². The van der Waals surface area contributed by atoms with Gasteiger partial charge >= 0.3 is 0 Å². The second-order valence-corrected chi connectivity index (χ2v) is 8.60. The van der Waals surface area contributed by atoms with E-state index >= 15 is 0 Å². The summed E-state index contributed by atoms with van der Waals surface area (Å²) in [6.07, 6.45) is 5.93. The van der Waals surface area contributed by atoms with Crippen LogP contribution in [0.3, 0.4) is 0 Å². The van der Waals surface area contributed by atoms with Crippen LogP contribution >= 0.6 is 11.8 Å². The Bertz CT molecular complexity index is 972. The molecule has 6 nitrogen and oxygen atoms in total. The Morgan fingerprint density at radius 3 is 2.57 bits per heavy atom. The van der Waals surface area contributed by atoms with Crippen LogP contribution < -0.4 is 0 Å². The average Bonchev–Trinajstić information content (AvgIpc) is 3.56. The molecule has 1 aliphatic rings. The van der Waals surface area contributed by atoms with E-state index in [1.807, 2.05) is 35.2 Å². The van der Waals surface area contributed by atoms with E-state index in [-0.39, 0.29) is 11.9 Å². The summed E-state index contributed by atoms with van der Waals surface area (Å²) >= 11 is 1.47. The van der Waals surface area contributed by atoms with Gasteiger partial charge in [-0.05, 0) is 50.3 Å². The number of rotatable bonds is 9. The van der Waals surface area contributed by atoms with Crippen LogP contribution in [0.1, 0.15) is 32.3 Å². The van der Waals surface area contributed by atoms with Gasteiger partial charge in [0.15, 0.2) is 11.0 Å². The summed E-state index contributed by atoms with van der Waals surface area (Å²) in [4.78, 5) is 19.3. The first-order valence-corrected chi connectivity index (χ1v) is 11.5. The largest absolute Gasteiger partial charge is 0.335 e. The standard InChI is InChI=1S/C23H27N5OS/c1-3-27-22(20-11-13-24-14-12-20)25-26-23(27)30-16-21(29)28(17(2)19-9-10-19)15-18-7-5-4-6-8-18/h4-8,11-14,17,19H,3,9-10,15-16H2,1-2H3. The number of amides is 1. The van der Waals surface area contributed by atoms with Crippen LogP contribution in [0.25, 0.3) is 11.4 Å². The van der Waals surface area contributed by atoms with Gasteiger partial charge in [-0.1, -0.05) is 42.1 Å². The van der Waals surface area contributed by atoms with E-state index in [1.54, 1.807) is 12.4 Å². The molecule has 156 valence electrons. The van der Waals surface area contributed by atoms with Gasteiger partial charge in [-0.2, -0.15) is 0 Å². The minimum Gasteiger partial charge on any atom is -0.335 e. The molecule has 0 saturated heterocycles. The number of thioether (sulfide) groups is 1. The first-order chi connectivity index (χ1) is 14.7. The second-order valence-electron chi connectivity index (χ2n) is 7.66. The third-order valence-corrected chi connectivity index (χ3v) is 6.56. The van der Waals surface area contributed by atoms with Gasteiger partial charge in [-0.3, -0.25) is 9.78 Å². The number of benzene rings is 1. The Kier molecular flexibility index (Phi) is 6.47. The molecule has 2 aromatic heterocycles. The van der Waals surface area contributed by atoms with E-state index in [0.717, 1.165) is 23.1 Å². The lowest BCUT2D eigenvalue weighted by molar-refractivity contribution is -0.131. The molecule has 3 aromatic rings. The van der Waals surface area contributed by atoms with E-state index in [1.165, 1.54) is 30.2 Å². The zero-order valence-electron chi connectivity index (χ0n) is 17.4. The number of nitrogens with zero attached hydrogens (tertiary/aromatic N) is 5. The predicted molar refractivity (Wildman–Crippen MR) is 119 cm³/mol. The highest BCUT2D eigenvalue weighted by Gasteiger charge is 2.34. The summed E-state index contributed by atoms with van der Waals surface area (Å²) in [5.74, 6) is 1.94. The van der Waals surface area contributed by atoms with Gasteiger partial charge in [-0.25, -0.2) is 0 Å². The Labute approximate surface area is 181 Å². The van der Waals surface area contributed by atoms with Gasteiger partial charge in [0, 0.05) is 37.1 Å². The van der Waals surface area contributed by atoms with E-state index in [0.29, 0.717) is 18.2 Å². The molecule has 1 unspecified atom stereocenters. The van der Waals surface area contributed by atoms with Gasteiger partial charge in [-0.15, -0.1) is 10.2 Å². The summed E-state index contributed by atoms with van der Waals surface area (Å²) < 4.78 is 2.05. The van der Waals surface area contributed by atoms with Crippen molar-refractivity contribution in [2.75, 3.05) is 5.75 Å². The first-order valence-electron chi connectivity index (χ1n) is 10.5. The van der Waals surface area contributed by atoms with Crippen molar-refractivity contribution in [3.05, 3.63) is 60.4 Å². The maximum absolute atomic E-state index is 13.2. The number of carbonyl (C=O) groups excluding carboxylic acids is 1. The number of hydrogen-bond donors (Lipinski definition) is 0. The van der Waals surface area contributed by atoms with Crippen LogP contribution in [-0.2, 0) is 17.9 Å². The summed E-state index contributed by atoms with van der Waals surface area (Å²) in [7, 11) is 0. The maximum Gasteiger partial charge on any atom is 0.233 e. The third-order valence-electron chi connectivity index (χ3n) is 5.61. The molecule has 0 aliphatic heterocycles. The smallest absolute Gasteiger partial charge is 0.233 e. The molecule has 1 saturated carbocycles. The Morgan fingerprint density at radius 2 is 1.90 bits per heavy atom. The second kappa shape index (κ2) is 9.43. The molecule has 1 aliphatic carbocycles. The molecule has 7 heteroatoms. The van der Waals surface area contributed by atoms with E-state index in [9.17, 15) is 4.79 Å². The lowest BCUT2D eigenvalue weighted by Gasteiger charge is -2.29. The van der Waals surface area contributed by atoms with Crippen molar-refractivity contribution in [1.29, 1.82) is 0 Å². The van der Waals surface area contributed by atoms with Gasteiger partial charge in [0.1, 0.15) is 0 Å². The molecule has 1 atom stereocenters. The quantitative estimate of drug-likeness (QED) is 0.483. The highest BCUT2D eigenvalue weighted by Crippen LogP contribution is 2.36. The molecule has 0 bridgehead atoms. The molecule has 0 N–H and O–H groups in total. The molecule has 0 spiro atoms. The first kappa shape index (κ1) is 20.6. The lowest BCUT2D eigenvalue weighted by atomic mass is 10.1. The summed E-state index contributed by atoms with van der Waals surface area (Å²) in [5, 5.41) is 9.49. The zero-order valence-corrected chi connectivity index (χ0v) is 18.3. The van der Waals surface area contributed by atoms with Crippen LogP contribution in [-0.4, -0.2) is 42.4 Å². The normalized spacial score (nSPS) is 14.5. The molecule has 0 radical (unpaired) electrons. The van der Waals surface area contributed by atoms with Crippen molar-refractivity contribution in [3.63, 3.8) is 0 Å². The Balaban J connectivity index is 1.47. The lowest BCUT2D eigenvalue weighted by Crippen LogP contribution is -2.40. The van der Waals surface area contributed by atoms with Crippen molar-refractivity contribution in [1.82, 2.24) is 24.6 Å². The number of pyridine rings is 1. The minimum atomic E-state index is 0.152. The van der Waals surface area contributed by atoms with Crippen LogP contribution in [0, 0.1) is 5.92 Å². The highest BCUT2D eigenvalue weighted by atomic mass is 32.2. The number of aromatic nitrogens is 4. The summed E-state index contributed by atoms with van der Waals surface area (Å²) in [5.41, 5.74) is 2.14. The van der Waals surface area contributed by atoms with Crippen LogP contribution in [0.4, 0.5) is 0 Å².